The van der Waals surface area contributed by atoms with Crippen LogP contribution in [-0.4, -0.2) is 25.6 Å². The highest BCUT2D eigenvalue weighted by molar-refractivity contribution is 5.75. The first-order chi connectivity index (χ1) is 10.7. The second-order valence-electron chi connectivity index (χ2n) is 4.56. The largest absolute Gasteiger partial charge is 0.345 e. The average molecular weight is 299 g/mol. The molecule has 0 spiro atoms. The van der Waals surface area contributed by atoms with Crippen molar-refractivity contribution < 1.29 is 9.32 Å². The van der Waals surface area contributed by atoms with Crippen molar-refractivity contribution in [1.82, 2.24) is 25.0 Å². The van der Waals surface area contributed by atoms with Crippen LogP contribution in [0.5, 0.6) is 0 Å². The van der Waals surface area contributed by atoms with Gasteiger partial charge in [0.05, 0.1) is 12.1 Å². The number of H-pyrrole nitrogens is 1. The Bertz CT molecular complexity index is 819. The minimum absolute atomic E-state index is 0.109. The van der Waals surface area contributed by atoms with Gasteiger partial charge < -0.3 is 19.4 Å². The lowest BCUT2D eigenvalue weighted by Gasteiger charge is -2.03. The van der Waals surface area contributed by atoms with Crippen molar-refractivity contribution in [2.24, 2.45) is 0 Å². The second-order valence-corrected chi connectivity index (χ2v) is 4.56. The molecule has 0 unspecified atom stereocenters. The molecule has 8 heteroatoms. The lowest BCUT2D eigenvalue weighted by molar-refractivity contribution is -0.121. The van der Waals surface area contributed by atoms with Crippen LogP contribution in [0.15, 0.2) is 52.2 Å². The molecule has 0 aliphatic rings. The molecule has 0 atom stereocenters. The van der Waals surface area contributed by atoms with E-state index in [1.165, 1.54) is 6.20 Å². The van der Waals surface area contributed by atoms with Gasteiger partial charge in [0.15, 0.2) is 0 Å². The predicted molar refractivity (Wildman–Crippen MR) is 76.6 cm³/mol. The smallest absolute Gasteiger partial charge is 0.259 e. The van der Waals surface area contributed by atoms with E-state index in [9.17, 15) is 9.59 Å². The minimum atomic E-state index is -0.300. The number of pyridine rings is 1. The van der Waals surface area contributed by atoms with Crippen molar-refractivity contribution in [3.05, 3.63) is 59.1 Å². The van der Waals surface area contributed by atoms with Crippen LogP contribution in [0.25, 0.3) is 11.4 Å². The summed E-state index contributed by atoms with van der Waals surface area (Å²) in [6.07, 6.45) is 5.12. The summed E-state index contributed by atoms with van der Waals surface area (Å²) >= 11 is 0. The van der Waals surface area contributed by atoms with Crippen molar-refractivity contribution in [3.63, 3.8) is 0 Å². The van der Waals surface area contributed by atoms with Crippen molar-refractivity contribution in [1.29, 1.82) is 0 Å². The van der Waals surface area contributed by atoms with Gasteiger partial charge in [0.25, 0.3) is 5.56 Å². The number of nitrogens with one attached hydrogen (secondary N) is 2. The molecule has 0 saturated carbocycles. The third kappa shape index (κ3) is 3.11. The van der Waals surface area contributed by atoms with Gasteiger partial charge in [-0.25, -0.2) is 0 Å². The Kier molecular flexibility index (Phi) is 3.82. The summed E-state index contributed by atoms with van der Waals surface area (Å²) in [6, 6.07) is 6.95. The number of carbonyl (C=O) groups is 1. The summed E-state index contributed by atoms with van der Waals surface area (Å²) in [4.78, 5) is 30.0. The van der Waals surface area contributed by atoms with E-state index < -0.39 is 0 Å². The van der Waals surface area contributed by atoms with Gasteiger partial charge in [-0.2, -0.15) is 4.98 Å². The number of rotatable bonds is 5. The zero-order valence-corrected chi connectivity index (χ0v) is 11.5. The maximum absolute atomic E-state index is 11.7. The van der Waals surface area contributed by atoms with Crippen LogP contribution >= 0.6 is 0 Å². The van der Waals surface area contributed by atoms with E-state index in [-0.39, 0.29) is 36.3 Å². The Balaban J connectivity index is 1.61. The molecule has 0 aliphatic carbocycles. The maximum atomic E-state index is 11.7. The van der Waals surface area contributed by atoms with Gasteiger partial charge >= 0.3 is 0 Å². The summed E-state index contributed by atoms with van der Waals surface area (Å²) in [5.41, 5.74) is 0.0164. The molecule has 3 heterocycles. The molecule has 3 aromatic rings. The average Bonchev–Trinajstić information content (AvgIpc) is 3.17. The summed E-state index contributed by atoms with van der Waals surface area (Å²) in [7, 11) is 0. The van der Waals surface area contributed by atoms with E-state index >= 15 is 0 Å². The highest BCUT2D eigenvalue weighted by atomic mass is 16.5. The fourth-order valence-corrected chi connectivity index (χ4v) is 1.91. The van der Waals surface area contributed by atoms with Crippen LogP contribution < -0.4 is 10.9 Å². The Morgan fingerprint density at radius 2 is 2.14 bits per heavy atom. The van der Waals surface area contributed by atoms with E-state index in [1.54, 1.807) is 29.1 Å². The molecule has 2 N–H and O–H groups in total. The molecule has 0 aliphatic heterocycles. The molecule has 0 bridgehead atoms. The fraction of sp³-hybridized carbons (Fsp3) is 0.143. The first kappa shape index (κ1) is 13.8. The van der Waals surface area contributed by atoms with Gasteiger partial charge in [0, 0.05) is 18.6 Å². The number of aromatic nitrogens is 4. The number of hydrogen-bond donors (Lipinski definition) is 2. The fourth-order valence-electron chi connectivity index (χ4n) is 1.91. The zero-order chi connectivity index (χ0) is 15.4. The van der Waals surface area contributed by atoms with Crippen LogP contribution in [-0.2, 0) is 17.9 Å². The number of aromatic amines is 1. The molecule has 0 fully saturated rings. The van der Waals surface area contributed by atoms with Crippen molar-refractivity contribution in [2.75, 3.05) is 0 Å². The second kappa shape index (κ2) is 6.08. The molecule has 22 heavy (non-hydrogen) atoms. The standard InChI is InChI=1S/C14H13N5O3/c20-11(9-19-6-1-2-7-19)16-8-12-17-13(18-22-12)10-4-3-5-15-14(10)21/h1-7H,8-9H2,(H,15,21)(H,16,20). The molecule has 3 rings (SSSR count). The van der Waals surface area contributed by atoms with Gasteiger partial charge in [0.2, 0.25) is 17.6 Å². The van der Waals surface area contributed by atoms with Gasteiger partial charge in [-0.1, -0.05) is 5.16 Å². The first-order valence-corrected chi connectivity index (χ1v) is 6.60. The molecular formula is C14H13N5O3. The third-order valence-corrected chi connectivity index (χ3v) is 2.96. The van der Waals surface area contributed by atoms with Gasteiger partial charge in [0.1, 0.15) is 6.54 Å². The number of amides is 1. The van der Waals surface area contributed by atoms with Crippen LogP contribution in [0.3, 0.4) is 0 Å². The molecule has 0 aromatic carbocycles. The van der Waals surface area contributed by atoms with E-state index in [1.807, 2.05) is 12.1 Å². The van der Waals surface area contributed by atoms with Crippen LogP contribution in [0.4, 0.5) is 0 Å². The molecule has 3 aromatic heterocycles. The van der Waals surface area contributed by atoms with Gasteiger partial charge in [-0.05, 0) is 24.3 Å². The Morgan fingerprint density at radius 1 is 1.32 bits per heavy atom. The summed E-state index contributed by atoms with van der Waals surface area (Å²) < 4.78 is 6.77. The summed E-state index contributed by atoms with van der Waals surface area (Å²) in [5.74, 6) is 0.254. The SMILES string of the molecule is O=C(Cn1cccc1)NCc1nc(-c2ccc[nH]c2=O)no1. The highest BCUT2D eigenvalue weighted by Crippen LogP contribution is 2.09. The van der Waals surface area contributed by atoms with Crippen molar-refractivity contribution in [3.8, 4) is 11.4 Å². The number of hydrogen-bond acceptors (Lipinski definition) is 5. The van der Waals surface area contributed by atoms with E-state index in [0.717, 1.165) is 0 Å². The number of nitrogens with zero attached hydrogens (tertiary/aromatic N) is 3. The molecule has 1 amide bonds. The van der Waals surface area contributed by atoms with Crippen molar-refractivity contribution >= 4 is 5.91 Å². The monoisotopic (exact) mass is 299 g/mol. The predicted octanol–water partition coefficient (Wildman–Crippen LogP) is 0.543. The Morgan fingerprint density at radius 3 is 2.91 bits per heavy atom. The summed E-state index contributed by atoms with van der Waals surface area (Å²) in [5, 5.41) is 6.41. The lowest BCUT2D eigenvalue weighted by atomic mass is 10.3. The lowest BCUT2D eigenvalue weighted by Crippen LogP contribution is -2.26. The molecule has 8 nitrogen and oxygen atoms in total. The summed E-state index contributed by atoms with van der Waals surface area (Å²) in [6.45, 7) is 0.324. The van der Waals surface area contributed by atoms with Crippen LogP contribution in [0.1, 0.15) is 5.89 Å². The van der Waals surface area contributed by atoms with E-state index in [2.05, 4.69) is 20.4 Å². The Hall–Kier alpha value is -3.16. The van der Waals surface area contributed by atoms with Gasteiger partial charge in [-0.15, -0.1) is 0 Å². The van der Waals surface area contributed by atoms with Gasteiger partial charge in [-0.3, -0.25) is 9.59 Å². The quantitative estimate of drug-likeness (QED) is 0.715. The highest BCUT2D eigenvalue weighted by Gasteiger charge is 2.12. The van der Waals surface area contributed by atoms with Crippen LogP contribution in [0.2, 0.25) is 0 Å². The minimum Gasteiger partial charge on any atom is -0.345 e. The molecule has 112 valence electrons. The Labute approximate surface area is 124 Å². The first-order valence-electron chi connectivity index (χ1n) is 6.60. The molecule has 0 radical (unpaired) electrons. The molecule has 0 saturated heterocycles. The topological polar surface area (TPSA) is 106 Å². The zero-order valence-electron chi connectivity index (χ0n) is 11.5. The maximum Gasteiger partial charge on any atom is 0.259 e. The van der Waals surface area contributed by atoms with E-state index in [4.69, 9.17) is 4.52 Å². The van der Waals surface area contributed by atoms with Crippen LogP contribution in [0, 0.1) is 0 Å². The molecular weight excluding hydrogens is 286 g/mol. The van der Waals surface area contributed by atoms with E-state index in [0.29, 0.717) is 5.56 Å². The third-order valence-electron chi connectivity index (χ3n) is 2.96. The number of carbonyl (C=O) groups excluding carboxylic acids is 1. The van der Waals surface area contributed by atoms with Crippen molar-refractivity contribution in [2.45, 2.75) is 13.1 Å². The normalized spacial score (nSPS) is 10.5.